The third-order valence-electron chi connectivity index (χ3n) is 7.74. The van der Waals surface area contributed by atoms with Crippen molar-refractivity contribution < 1.29 is 19.8 Å². The van der Waals surface area contributed by atoms with Gasteiger partial charge in [0.05, 0.1) is 25.1 Å². The molecular formula is C32H29N3O4. The van der Waals surface area contributed by atoms with E-state index in [0.717, 1.165) is 66.4 Å². The van der Waals surface area contributed by atoms with Gasteiger partial charge in [-0.15, -0.1) is 0 Å². The van der Waals surface area contributed by atoms with Crippen LogP contribution in [0, 0.1) is 13.8 Å². The highest BCUT2D eigenvalue weighted by molar-refractivity contribution is 6.16. The van der Waals surface area contributed by atoms with E-state index in [-0.39, 0.29) is 18.9 Å². The molecule has 0 bridgehead atoms. The Bertz CT molecular complexity index is 1800. The highest BCUT2D eigenvalue weighted by atomic mass is 16.3. The van der Waals surface area contributed by atoms with Gasteiger partial charge in [-0.25, -0.2) is 0 Å². The number of amides is 2. The van der Waals surface area contributed by atoms with Crippen molar-refractivity contribution in [3.8, 4) is 11.1 Å². The molecule has 196 valence electrons. The zero-order chi connectivity index (χ0) is 27.4. The fourth-order valence-electron chi connectivity index (χ4n) is 5.78. The zero-order valence-electron chi connectivity index (χ0n) is 21.8. The van der Waals surface area contributed by atoms with Crippen molar-refractivity contribution in [2.45, 2.75) is 32.9 Å². The Hall–Kier alpha value is -4.46. The number of primary amides is 1. The molecule has 39 heavy (non-hydrogen) atoms. The highest BCUT2D eigenvalue weighted by Gasteiger charge is 2.30. The number of rotatable bonds is 6. The molecule has 0 radical (unpaired) electrons. The molecule has 1 aromatic heterocycles. The number of aromatic amines is 1. The average molecular weight is 520 g/mol. The average Bonchev–Trinajstić information content (AvgIpc) is 3.46. The molecule has 2 heterocycles. The number of carbonyl (C=O) groups is 2. The van der Waals surface area contributed by atoms with Crippen LogP contribution in [0.15, 0.2) is 66.7 Å². The van der Waals surface area contributed by atoms with Gasteiger partial charge >= 0.3 is 0 Å². The lowest BCUT2D eigenvalue weighted by Gasteiger charge is -2.21. The number of aryl methyl sites for hydroxylation is 1. The number of nitrogens with two attached hydrogens (primary N) is 1. The Morgan fingerprint density at radius 2 is 1.85 bits per heavy atom. The molecule has 6 rings (SSSR count). The van der Waals surface area contributed by atoms with Crippen LogP contribution in [0.2, 0.25) is 0 Å². The first-order valence-corrected chi connectivity index (χ1v) is 12.9. The van der Waals surface area contributed by atoms with Gasteiger partial charge < -0.3 is 25.8 Å². The summed E-state index contributed by atoms with van der Waals surface area (Å²) in [6.07, 6.45) is -0.912. The number of anilines is 1. The van der Waals surface area contributed by atoms with Crippen LogP contribution in [0.25, 0.3) is 32.9 Å². The van der Waals surface area contributed by atoms with Gasteiger partial charge in [-0.1, -0.05) is 54.1 Å². The van der Waals surface area contributed by atoms with Crippen LogP contribution in [0.3, 0.4) is 0 Å². The topological polar surface area (TPSA) is 120 Å². The molecule has 1 aliphatic heterocycles. The summed E-state index contributed by atoms with van der Waals surface area (Å²) in [6.45, 7) is 4.16. The molecule has 5 N–H and O–H groups in total. The van der Waals surface area contributed by atoms with Crippen LogP contribution in [0.4, 0.5) is 5.69 Å². The molecule has 0 aliphatic carbocycles. The van der Waals surface area contributed by atoms with E-state index in [1.54, 1.807) is 6.07 Å². The van der Waals surface area contributed by atoms with Gasteiger partial charge in [0.1, 0.15) is 6.10 Å². The minimum atomic E-state index is -0.991. The van der Waals surface area contributed by atoms with E-state index in [1.165, 1.54) is 0 Å². The summed E-state index contributed by atoms with van der Waals surface area (Å²) in [6, 6.07) is 21.4. The normalized spacial score (nSPS) is 13.8. The van der Waals surface area contributed by atoms with Crippen molar-refractivity contribution in [2.24, 2.45) is 5.73 Å². The van der Waals surface area contributed by atoms with Crippen LogP contribution in [0.1, 0.15) is 44.3 Å². The second kappa shape index (κ2) is 9.38. The molecule has 0 saturated heterocycles. The molecule has 1 unspecified atom stereocenters. The van der Waals surface area contributed by atoms with E-state index in [4.69, 9.17) is 5.73 Å². The first-order chi connectivity index (χ1) is 18.8. The quantitative estimate of drug-likeness (QED) is 0.257. The third-order valence-corrected chi connectivity index (χ3v) is 7.74. The van der Waals surface area contributed by atoms with Gasteiger partial charge in [0.2, 0.25) is 5.91 Å². The van der Waals surface area contributed by atoms with Gasteiger partial charge in [-0.2, -0.15) is 0 Å². The summed E-state index contributed by atoms with van der Waals surface area (Å²) < 4.78 is 0. The van der Waals surface area contributed by atoms with Crippen LogP contribution < -0.4 is 10.6 Å². The number of fused-ring (bicyclic) bond motifs is 4. The Labute approximate surface area is 225 Å². The number of nitrogens with one attached hydrogen (secondary N) is 1. The predicted octanol–water partition coefficient (Wildman–Crippen LogP) is 4.82. The number of benzene rings is 4. The molecule has 7 heteroatoms. The van der Waals surface area contributed by atoms with Crippen LogP contribution in [-0.4, -0.2) is 33.6 Å². The maximum Gasteiger partial charge on any atom is 0.258 e. The van der Waals surface area contributed by atoms with Crippen molar-refractivity contribution in [3.05, 3.63) is 100 Å². The van der Waals surface area contributed by atoms with Crippen molar-refractivity contribution in [1.82, 2.24) is 4.98 Å². The summed E-state index contributed by atoms with van der Waals surface area (Å²) in [4.78, 5) is 30.5. The molecule has 5 aromatic rings. The number of hydrogen-bond acceptors (Lipinski definition) is 4. The molecule has 4 aromatic carbocycles. The smallest absolute Gasteiger partial charge is 0.258 e. The Balaban J connectivity index is 1.54. The molecule has 1 atom stereocenters. The van der Waals surface area contributed by atoms with Crippen molar-refractivity contribution >= 4 is 39.3 Å². The van der Waals surface area contributed by atoms with Gasteiger partial charge in [0.15, 0.2) is 0 Å². The monoisotopic (exact) mass is 519 g/mol. The maximum atomic E-state index is 13.4. The van der Waals surface area contributed by atoms with Gasteiger partial charge in [0.25, 0.3) is 5.91 Å². The summed E-state index contributed by atoms with van der Waals surface area (Å²) >= 11 is 0. The van der Waals surface area contributed by atoms with Gasteiger partial charge in [0, 0.05) is 27.5 Å². The van der Waals surface area contributed by atoms with E-state index in [0.29, 0.717) is 12.1 Å². The van der Waals surface area contributed by atoms with Gasteiger partial charge in [-0.3, -0.25) is 9.59 Å². The first-order valence-electron chi connectivity index (χ1n) is 12.9. The van der Waals surface area contributed by atoms with Crippen molar-refractivity contribution in [2.75, 3.05) is 11.5 Å². The molecule has 2 amide bonds. The number of H-pyrrole nitrogens is 1. The first kappa shape index (κ1) is 24.9. The minimum absolute atomic E-state index is 0.00188. The fourth-order valence-corrected chi connectivity index (χ4v) is 5.78. The van der Waals surface area contributed by atoms with Crippen LogP contribution >= 0.6 is 0 Å². The number of aliphatic hydroxyl groups is 2. The standard InChI is InChI=1S/C32H29N3O4/c1-17-6-7-21-15-35(32(39)25(21)12-17)27-5-3-4-22(18(27)2)23-10-9-20(14-29(33)38)31-30(23)24-11-8-19(28(37)16-36)13-26(24)34-31/h3-13,28,34,36-37H,14-16H2,1-2H3,(H2,33,38). The number of aromatic nitrogens is 1. The lowest BCUT2D eigenvalue weighted by molar-refractivity contribution is -0.117. The van der Waals surface area contributed by atoms with Crippen molar-refractivity contribution in [3.63, 3.8) is 0 Å². The van der Waals surface area contributed by atoms with E-state index < -0.39 is 12.0 Å². The highest BCUT2D eigenvalue weighted by Crippen LogP contribution is 2.41. The number of nitrogens with zero attached hydrogens (tertiary/aromatic N) is 1. The predicted molar refractivity (Wildman–Crippen MR) is 153 cm³/mol. The van der Waals surface area contributed by atoms with E-state index in [9.17, 15) is 19.8 Å². The summed E-state index contributed by atoms with van der Waals surface area (Å²) in [5, 5.41) is 21.5. The molecule has 0 saturated carbocycles. The second-order valence-corrected chi connectivity index (χ2v) is 10.3. The molecule has 0 spiro atoms. The lowest BCUT2D eigenvalue weighted by atomic mass is 9.92. The summed E-state index contributed by atoms with van der Waals surface area (Å²) in [5.41, 5.74) is 15.1. The molecule has 0 fully saturated rings. The Kier molecular flexibility index (Phi) is 5.98. The molecule has 7 nitrogen and oxygen atoms in total. The SMILES string of the molecule is Cc1ccc2c(c1)C(=O)N(c1cccc(-c3ccc(CC(N)=O)c4[nH]c5cc(C(O)CO)ccc5c34)c1C)C2. The molecule has 1 aliphatic rings. The van der Waals surface area contributed by atoms with Crippen LogP contribution in [0.5, 0.6) is 0 Å². The van der Waals surface area contributed by atoms with E-state index >= 15 is 0 Å². The largest absolute Gasteiger partial charge is 0.393 e. The molecular weight excluding hydrogens is 490 g/mol. The van der Waals surface area contributed by atoms with Crippen LogP contribution in [-0.2, 0) is 17.8 Å². The lowest BCUT2D eigenvalue weighted by Crippen LogP contribution is -2.24. The number of aliphatic hydroxyl groups excluding tert-OH is 2. The zero-order valence-corrected chi connectivity index (χ0v) is 21.8. The third kappa shape index (κ3) is 4.07. The number of carbonyl (C=O) groups excluding carboxylic acids is 2. The maximum absolute atomic E-state index is 13.4. The van der Waals surface area contributed by atoms with E-state index in [1.807, 2.05) is 79.4 Å². The number of hydrogen-bond donors (Lipinski definition) is 4. The second-order valence-electron chi connectivity index (χ2n) is 10.3. The van der Waals surface area contributed by atoms with Crippen molar-refractivity contribution in [1.29, 1.82) is 0 Å². The minimum Gasteiger partial charge on any atom is -0.393 e. The summed E-state index contributed by atoms with van der Waals surface area (Å²) in [5.74, 6) is -0.433. The fraction of sp³-hybridized carbons (Fsp3) is 0.188. The van der Waals surface area contributed by atoms with E-state index in [2.05, 4.69) is 4.98 Å². The Morgan fingerprint density at radius 1 is 1.03 bits per heavy atom. The summed E-state index contributed by atoms with van der Waals surface area (Å²) in [7, 11) is 0. The van der Waals surface area contributed by atoms with Gasteiger partial charge in [-0.05, 0) is 65.4 Å². The Morgan fingerprint density at radius 3 is 2.62 bits per heavy atom.